The van der Waals surface area contributed by atoms with Crippen molar-refractivity contribution < 1.29 is 9.53 Å². The molecule has 2 amide bonds. The average Bonchev–Trinajstić information content (AvgIpc) is 2.54. The van der Waals surface area contributed by atoms with E-state index in [1.807, 2.05) is 61.5 Å². The lowest BCUT2D eigenvalue weighted by molar-refractivity contribution is 0.247. The van der Waals surface area contributed by atoms with E-state index >= 15 is 0 Å². The summed E-state index contributed by atoms with van der Waals surface area (Å²) in [7, 11) is 1.75. The van der Waals surface area contributed by atoms with E-state index in [4.69, 9.17) is 4.74 Å². The highest BCUT2D eigenvalue weighted by molar-refractivity contribution is 5.91. The molecule has 4 heteroatoms. The normalized spacial score (nSPS) is 10.0. The van der Waals surface area contributed by atoms with Gasteiger partial charge in [0, 0.05) is 19.3 Å². The molecule has 2 rings (SSSR count). The molecular formula is C17H20N2O2. The summed E-state index contributed by atoms with van der Waals surface area (Å²) in [6, 6.07) is 17.1. The topological polar surface area (TPSA) is 41.6 Å². The molecule has 110 valence electrons. The minimum atomic E-state index is -0.130. The van der Waals surface area contributed by atoms with Crippen molar-refractivity contribution in [3.63, 3.8) is 0 Å². The predicted octanol–water partition coefficient (Wildman–Crippen LogP) is 3.43. The maximum atomic E-state index is 12.1. The molecular weight excluding hydrogens is 264 g/mol. The summed E-state index contributed by atoms with van der Waals surface area (Å²) in [6.45, 7) is 3.09. The van der Waals surface area contributed by atoms with Crippen molar-refractivity contribution in [2.45, 2.75) is 13.5 Å². The summed E-state index contributed by atoms with van der Waals surface area (Å²) in [4.78, 5) is 13.7. The Morgan fingerprint density at radius 2 is 1.76 bits per heavy atom. The van der Waals surface area contributed by atoms with Crippen LogP contribution in [-0.2, 0) is 6.54 Å². The highest BCUT2D eigenvalue weighted by Gasteiger charge is 2.09. The van der Waals surface area contributed by atoms with E-state index in [9.17, 15) is 4.79 Å². The van der Waals surface area contributed by atoms with Crippen LogP contribution in [0.5, 0.6) is 5.75 Å². The Kier molecular flexibility index (Phi) is 5.21. The number of urea groups is 1. The second-order valence-electron chi connectivity index (χ2n) is 4.63. The maximum absolute atomic E-state index is 12.1. The number of carbonyl (C=O) groups excluding carboxylic acids is 1. The van der Waals surface area contributed by atoms with Crippen LogP contribution in [0.3, 0.4) is 0 Å². The van der Waals surface area contributed by atoms with Gasteiger partial charge >= 0.3 is 6.03 Å². The first-order valence-corrected chi connectivity index (χ1v) is 6.99. The summed E-state index contributed by atoms with van der Waals surface area (Å²) in [5, 5.41) is 2.89. The first-order valence-electron chi connectivity index (χ1n) is 6.99. The largest absolute Gasteiger partial charge is 0.494 e. The molecule has 2 aromatic rings. The van der Waals surface area contributed by atoms with Crippen molar-refractivity contribution in [1.29, 1.82) is 0 Å². The van der Waals surface area contributed by atoms with Crippen molar-refractivity contribution in [3.05, 3.63) is 60.2 Å². The van der Waals surface area contributed by atoms with Crippen molar-refractivity contribution >= 4 is 11.7 Å². The lowest BCUT2D eigenvalue weighted by Gasteiger charge is -2.18. The number of ether oxygens (including phenoxy) is 1. The fourth-order valence-corrected chi connectivity index (χ4v) is 1.94. The van der Waals surface area contributed by atoms with Crippen LogP contribution in [0.25, 0.3) is 0 Å². The van der Waals surface area contributed by atoms with Crippen molar-refractivity contribution in [2.75, 3.05) is 18.6 Å². The highest BCUT2D eigenvalue weighted by atomic mass is 16.5. The molecule has 0 bridgehead atoms. The molecule has 21 heavy (non-hydrogen) atoms. The molecule has 4 nitrogen and oxygen atoms in total. The quantitative estimate of drug-likeness (QED) is 0.914. The number of carbonyl (C=O) groups is 1. The molecule has 0 heterocycles. The van der Waals surface area contributed by atoms with Crippen LogP contribution in [0.4, 0.5) is 10.5 Å². The second kappa shape index (κ2) is 7.33. The van der Waals surface area contributed by atoms with Crippen LogP contribution < -0.4 is 15.0 Å². The SMILES string of the molecule is CCOc1ccc(CNC(=O)N(C)c2ccccc2)cc1. The molecule has 0 aliphatic carbocycles. The van der Waals surface area contributed by atoms with Crippen LogP contribution >= 0.6 is 0 Å². The van der Waals surface area contributed by atoms with Gasteiger partial charge in [0.15, 0.2) is 0 Å². The summed E-state index contributed by atoms with van der Waals surface area (Å²) >= 11 is 0. The van der Waals surface area contributed by atoms with Gasteiger partial charge in [-0.25, -0.2) is 4.79 Å². The van der Waals surface area contributed by atoms with Crippen molar-refractivity contribution in [1.82, 2.24) is 5.32 Å². The maximum Gasteiger partial charge on any atom is 0.321 e. The number of anilines is 1. The van der Waals surface area contributed by atoms with Crippen LogP contribution in [0.1, 0.15) is 12.5 Å². The minimum Gasteiger partial charge on any atom is -0.494 e. The van der Waals surface area contributed by atoms with Gasteiger partial charge in [0.1, 0.15) is 5.75 Å². The fraction of sp³-hybridized carbons (Fsp3) is 0.235. The second-order valence-corrected chi connectivity index (χ2v) is 4.63. The Balaban J connectivity index is 1.89. The van der Waals surface area contributed by atoms with E-state index < -0.39 is 0 Å². The van der Waals surface area contributed by atoms with Crippen LogP contribution in [0, 0.1) is 0 Å². The van der Waals surface area contributed by atoms with Crippen LogP contribution in [0.15, 0.2) is 54.6 Å². The lowest BCUT2D eigenvalue weighted by Crippen LogP contribution is -2.36. The first kappa shape index (κ1) is 14.9. The van der Waals surface area contributed by atoms with Gasteiger partial charge in [-0.2, -0.15) is 0 Å². The molecule has 0 atom stereocenters. The number of hydrogen-bond acceptors (Lipinski definition) is 2. The van der Waals surface area contributed by atoms with Gasteiger partial charge in [0.05, 0.1) is 6.61 Å². The van der Waals surface area contributed by atoms with E-state index in [1.165, 1.54) is 0 Å². The number of hydrogen-bond donors (Lipinski definition) is 1. The molecule has 0 aliphatic rings. The Labute approximate surface area is 125 Å². The Hall–Kier alpha value is -2.49. The van der Waals surface area contributed by atoms with E-state index in [-0.39, 0.29) is 6.03 Å². The molecule has 0 saturated carbocycles. The van der Waals surface area contributed by atoms with Gasteiger partial charge in [0.25, 0.3) is 0 Å². The molecule has 0 aromatic heterocycles. The van der Waals surface area contributed by atoms with Gasteiger partial charge in [0.2, 0.25) is 0 Å². The smallest absolute Gasteiger partial charge is 0.321 e. The van der Waals surface area contributed by atoms with E-state index in [0.717, 1.165) is 17.0 Å². The third-order valence-corrected chi connectivity index (χ3v) is 3.13. The van der Waals surface area contributed by atoms with E-state index in [2.05, 4.69) is 5.32 Å². The number of nitrogens with zero attached hydrogens (tertiary/aromatic N) is 1. The number of benzene rings is 2. The Morgan fingerprint density at radius 3 is 2.38 bits per heavy atom. The third-order valence-electron chi connectivity index (χ3n) is 3.13. The summed E-state index contributed by atoms with van der Waals surface area (Å²) < 4.78 is 5.39. The standard InChI is InChI=1S/C17H20N2O2/c1-3-21-16-11-9-14(10-12-16)13-18-17(20)19(2)15-7-5-4-6-8-15/h4-12H,3,13H2,1-2H3,(H,18,20). The third kappa shape index (κ3) is 4.24. The summed E-state index contributed by atoms with van der Waals surface area (Å²) in [6.07, 6.45) is 0. The Bertz CT molecular complexity index is 567. The number of nitrogens with one attached hydrogen (secondary N) is 1. The van der Waals surface area contributed by atoms with Gasteiger partial charge in [-0.3, -0.25) is 4.90 Å². The predicted molar refractivity (Wildman–Crippen MR) is 84.7 cm³/mol. The van der Waals surface area contributed by atoms with Gasteiger partial charge in [-0.1, -0.05) is 30.3 Å². The molecule has 0 spiro atoms. The zero-order chi connectivity index (χ0) is 15.1. The highest BCUT2D eigenvalue weighted by Crippen LogP contribution is 2.13. The monoisotopic (exact) mass is 284 g/mol. The molecule has 0 unspecified atom stereocenters. The molecule has 2 aromatic carbocycles. The van der Waals surface area contributed by atoms with Gasteiger partial charge < -0.3 is 10.1 Å². The van der Waals surface area contributed by atoms with E-state index in [1.54, 1.807) is 11.9 Å². The summed E-state index contributed by atoms with van der Waals surface area (Å²) in [5.41, 5.74) is 1.90. The summed E-state index contributed by atoms with van der Waals surface area (Å²) in [5.74, 6) is 0.842. The number of para-hydroxylation sites is 1. The zero-order valence-electron chi connectivity index (χ0n) is 12.4. The molecule has 0 radical (unpaired) electrons. The van der Waals surface area contributed by atoms with Crippen LogP contribution in [0.2, 0.25) is 0 Å². The van der Waals surface area contributed by atoms with Crippen LogP contribution in [-0.4, -0.2) is 19.7 Å². The van der Waals surface area contributed by atoms with Gasteiger partial charge in [-0.05, 0) is 36.8 Å². The molecule has 1 N–H and O–H groups in total. The lowest BCUT2D eigenvalue weighted by atomic mass is 10.2. The Morgan fingerprint density at radius 1 is 1.10 bits per heavy atom. The van der Waals surface area contributed by atoms with E-state index in [0.29, 0.717) is 13.2 Å². The number of rotatable bonds is 5. The molecule has 0 saturated heterocycles. The van der Waals surface area contributed by atoms with Crippen molar-refractivity contribution in [2.24, 2.45) is 0 Å². The average molecular weight is 284 g/mol. The minimum absolute atomic E-state index is 0.130. The first-order chi connectivity index (χ1) is 10.2. The van der Waals surface area contributed by atoms with Gasteiger partial charge in [-0.15, -0.1) is 0 Å². The molecule has 0 fully saturated rings. The molecule has 0 aliphatic heterocycles. The van der Waals surface area contributed by atoms with Crippen molar-refractivity contribution in [3.8, 4) is 5.75 Å². The fourth-order valence-electron chi connectivity index (χ4n) is 1.94. The zero-order valence-corrected chi connectivity index (χ0v) is 12.4. The number of amides is 2.